The molecule has 0 atom stereocenters. The first-order chi connectivity index (χ1) is 8.88. The van der Waals surface area contributed by atoms with Crippen molar-refractivity contribution in [2.45, 2.75) is 26.2 Å². The molecule has 0 spiro atoms. The molecule has 0 aromatic heterocycles. The average Bonchev–Trinajstić information content (AvgIpc) is 2.45. The summed E-state index contributed by atoms with van der Waals surface area (Å²) in [6.07, 6.45) is 8.05. The molecular formula is C18H20. The van der Waals surface area contributed by atoms with E-state index in [2.05, 4.69) is 67.6 Å². The second kappa shape index (κ2) is 6.80. The van der Waals surface area contributed by atoms with E-state index in [1.165, 1.54) is 36.0 Å². The lowest BCUT2D eigenvalue weighted by molar-refractivity contribution is 0.795. The number of aryl methyl sites for hydroxylation is 1. The molecule has 0 unspecified atom stereocenters. The number of hydrogen-bond donors (Lipinski definition) is 0. The van der Waals surface area contributed by atoms with Crippen LogP contribution >= 0.6 is 0 Å². The minimum absolute atomic E-state index is 1.19. The van der Waals surface area contributed by atoms with Crippen LogP contribution in [-0.4, -0.2) is 0 Å². The Hall–Kier alpha value is -1.82. The molecule has 0 aliphatic heterocycles. The van der Waals surface area contributed by atoms with Crippen LogP contribution in [0, 0.1) is 0 Å². The molecule has 0 aliphatic rings. The van der Waals surface area contributed by atoms with Gasteiger partial charge in [-0.1, -0.05) is 80.1 Å². The summed E-state index contributed by atoms with van der Waals surface area (Å²) in [5.74, 6) is 0. The molecule has 92 valence electrons. The van der Waals surface area contributed by atoms with Gasteiger partial charge in [0.15, 0.2) is 0 Å². The first kappa shape index (κ1) is 12.6. The zero-order valence-electron chi connectivity index (χ0n) is 11.0. The van der Waals surface area contributed by atoms with E-state index in [4.69, 9.17) is 0 Å². The molecule has 0 N–H and O–H groups in total. The van der Waals surface area contributed by atoms with Crippen LogP contribution in [0.5, 0.6) is 0 Å². The Labute approximate surface area is 110 Å². The first-order valence-electron chi connectivity index (χ1n) is 6.70. The molecule has 0 bridgehead atoms. The van der Waals surface area contributed by atoms with Gasteiger partial charge in [0.2, 0.25) is 0 Å². The van der Waals surface area contributed by atoms with Crippen LogP contribution in [-0.2, 0) is 6.42 Å². The van der Waals surface area contributed by atoms with Gasteiger partial charge in [-0.15, -0.1) is 0 Å². The van der Waals surface area contributed by atoms with Gasteiger partial charge in [-0.25, -0.2) is 0 Å². The fraction of sp³-hybridized carbons (Fsp3) is 0.222. The molecule has 2 rings (SSSR count). The molecule has 0 amide bonds. The molecule has 0 aliphatic carbocycles. The van der Waals surface area contributed by atoms with Crippen LogP contribution in [0.15, 0.2) is 54.6 Å². The Morgan fingerprint density at radius 2 is 1.39 bits per heavy atom. The third kappa shape index (κ3) is 3.89. The summed E-state index contributed by atoms with van der Waals surface area (Å²) in [6.45, 7) is 2.23. The first-order valence-corrected chi connectivity index (χ1v) is 6.70. The van der Waals surface area contributed by atoms with Crippen molar-refractivity contribution >= 4 is 12.2 Å². The van der Waals surface area contributed by atoms with E-state index >= 15 is 0 Å². The lowest BCUT2D eigenvalue weighted by Gasteiger charge is -2.00. The van der Waals surface area contributed by atoms with Gasteiger partial charge >= 0.3 is 0 Å². The predicted molar refractivity (Wildman–Crippen MR) is 80.4 cm³/mol. The largest absolute Gasteiger partial charge is 0.0654 e. The number of unbranched alkanes of at least 4 members (excludes halogenated alkanes) is 1. The lowest BCUT2D eigenvalue weighted by Crippen LogP contribution is -1.84. The predicted octanol–water partition coefficient (Wildman–Crippen LogP) is 5.20. The summed E-state index contributed by atoms with van der Waals surface area (Å²) >= 11 is 0. The van der Waals surface area contributed by atoms with Crippen LogP contribution in [0.3, 0.4) is 0 Å². The molecule has 18 heavy (non-hydrogen) atoms. The van der Waals surface area contributed by atoms with Gasteiger partial charge in [-0.2, -0.15) is 0 Å². The van der Waals surface area contributed by atoms with Crippen LogP contribution < -0.4 is 0 Å². The topological polar surface area (TPSA) is 0 Å². The van der Waals surface area contributed by atoms with E-state index in [1.807, 2.05) is 6.07 Å². The van der Waals surface area contributed by atoms with Crippen molar-refractivity contribution in [3.8, 4) is 0 Å². The summed E-state index contributed by atoms with van der Waals surface area (Å²) < 4.78 is 0. The third-order valence-corrected chi connectivity index (χ3v) is 3.07. The second-order valence-electron chi connectivity index (χ2n) is 4.59. The maximum absolute atomic E-state index is 2.24. The number of benzene rings is 2. The van der Waals surface area contributed by atoms with Gasteiger partial charge in [-0.3, -0.25) is 0 Å². The van der Waals surface area contributed by atoms with Crippen molar-refractivity contribution in [3.63, 3.8) is 0 Å². The maximum Gasteiger partial charge on any atom is -0.0256 e. The van der Waals surface area contributed by atoms with Crippen LogP contribution in [0.4, 0.5) is 0 Å². The summed E-state index contributed by atoms with van der Waals surface area (Å²) in [7, 11) is 0. The highest BCUT2D eigenvalue weighted by Gasteiger charge is 1.92. The molecule has 0 heteroatoms. The summed E-state index contributed by atoms with van der Waals surface area (Å²) in [4.78, 5) is 0. The Balaban J connectivity index is 2.00. The van der Waals surface area contributed by atoms with Crippen molar-refractivity contribution in [1.29, 1.82) is 0 Å². The maximum atomic E-state index is 2.24. The van der Waals surface area contributed by atoms with Crippen molar-refractivity contribution < 1.29 is 0 Å². The van der Waals surface area contributed by atoms with Crippen LogP contribution in [0.25, 0.3) is 12.2 Å². The van der Waals surface area contributed by atoms with Crippen LogP contribution in [0.2, 0.25) is 0 Å². The highest BCUT2D eigenvalue weighted by atomic mass is 14.0. The molecule has 0 fully saturated rings. The zero-order chi connectivity index (χ0) is 12.6. The van der Waals surface area contributed by atoms with Gasteiger partial charge in [0, 0.05) is 0 Å². The van der Waals surface area contributed by atoms with E-state index in [1.54, 1.807) is 0 Å². The van der Waals surface area contributed by atoms with E-state index in [9.17, 15) is 0 Å². The van der Waals surface area contributed by atoms with E-state index in [-0.39, 0.29) is 0 Å². The van der Waals surface area contributed by atoms with Crippen molar-refractivity contribution in [3.05, 3.63) is 71.3 Å². The number of hydrogen-bond acceptors (Lipinski definition) is 0. The van der Waals surface area contributed by atoms with Crippen molar-refractivity contribution in [2.75, 3.05) is 0 Å². The molecule has 0 saturated heterocycles. The molecule has 2 aromatic carbocycles. The van der Waals surface area contributed by atoms with Crippen molar-refractivity contribution in [2.24, 2.45) is 0 Å². The molecule has 0 heterocycles. The molecule has 2 aromatic rings. The lowest BCUT2D eigenvalue weighted by atomic mass is 10.1. The normalized spacial score (nSPS) is 10.9. The van der Waals surface area contributed by atoms with E-state index < -0.39 is 0 Å². The van der Waals surface area contributed by atoms with Gasteiger partial charge < -0.3 is 0 Å². The zero-order valence-corrected chi connectivity index (χ0v) is 11.0. The Bertz CT molecular complexity index is 477. The Kier molecular flexibility index (Phi) is 4.78. The van der Waals surface area contributed by atoms with Gasteiger partial charge in [-0.05, 0) is 29.5 Å². The number of rotatable bonds is 5. The van der Waals surface area contributed by atoms with Crippen LogP contribution in [0.1, 0.15) is 36.5 Å². The standard InChI is InChI=1S/C18H20/c1-2-3-7-17-11-14-18(15-12-17)13-10-16-8-5-4-6-9-16/h4-6,8-15H,2-3,7H2,1H3/b13-10+. The highest BCUT2D eigenvalue weighted by molar-refractivity contribution is 5.69. The summed E-state index contributed by atoms with van der Waals surface area (Å²) in [6, 6.07) is 19.3. The molecule has 0 radical (unpaired) electrons. The SMILES string of the molecule is CCCCc1ccc(/C=C/c2ccccc2)cc1. The third-order valence-electron chi connectivity index (χ3n) is 3.07. The fourth-order valence-electron chi connectivity index (χ4n) is 1.93. The van der Waals surface area contributed by atoms with Gasteiger partial charge in [0.1, 0.15) is 0 Å². The summed E-state index contributed by atoms with van der Waals surface area (Å²) in [5.41, 5.74) is 3.94. The van der Waals surface area contributed by atoms with E-state index in [0.717, 1.165) is 0 Å². The molecule has 0 saturated carbocycles. The van der Waals surface area contributed by atoms with E-state index in [0.29, 0.717) is 0 Å². The van der Waals surface area contributed by atoms with Gasteiger partial charge in [0.05, 0.1) is 0 Å². The van der Waals surface area contributed by atoms with Gasteiger partial charge in [0.25, 0.3) is 0 Å². The second-order valence-corrected chi connectivity index (χ2v) is 4.59. The molecule has 0 nitrogen and oxygen atoms in total. The monoisotopic (exact) mass is 236 g/mol. The smallest absolute Gasteiger partial charge is 0.0256 e. The fourth-order valence-corrected chi connectivity index (χ4v) is 1.93. The minimum Gasteiger partial charge on any atom is -0.0654 e. The quantitative estimate of drug-likeness (QED) is 0.626. The summed E-state index contributed by atoms with van der Waals surface area (Å²) in [5, 5.41) is 0. The average molecular weight is 236 g/mol. The minimum atomic E-state index is 1.19. The molecular weight excluding hydrogens is 216 g/mol. The Morgan fingerprint density at radius 3 is 2.00 bits per heavy atom. The van der Waals surface area contributed by atoms with Crippen molar-refractivity contribution in [1.82, 2.24) is 0 Å². The highest BCUT2D eigenvalue weighted by Crippen LogP contribution is 2.11. The Morgan fingerprint density at radius 1 is 0.778 bits per heavy atom.